The number of carbonyl (C=O) groups excluding carboxylic acids is 1. The van der Waals surface area contributed by atoms with Gasteiger partial charge in [0.2, 0.25) is 5.95 Å². The van der Waals surface area contributed by atoms with Crippen molar-refractivity contribution in [2.45, 2.75) is 89.4 Å². The average Bonchev–Trinajstić information content (AvgIpc) is 3.45. The Bertz CT molecular complexity index is 1790. The van der Waals surface area contributed by atoms with E-state index >= 15 is 0 Å². The summed E-state index contributed by atoms with van der Waals surface area (Å²) in [5.74, 6) is 1.23. The summed E-state index contributed by atoms with van der Waals surface area (Å²) in [4.78, 5) is 52.9. The van der Waals surface area contributed by atoms with Gasteiger partial charge in [0.05, 0.1) is 12.2 Å². The van der Waals surface area contributed by atoms with Gasteiger partial charge in [-0.3, -0.25) is 19.1 Å². The van der Waals surface area contributed by atoms with Crippen LogP contribution in [0.5, 0.6) is 0 Å². The van der Waals surface area contributed by atoms with Crippen molar-refractivity contribution in [2.24, 2.45) is 17.3 Å². The lowest BCUT2D eigenvalue weighted by atomic mass is 9.58. The van der Waals surface area contributed by atoms with Gasteiger partial charge in [0.25, 0.3) is 5.56 Å². The molecule has 0 spiro atoms. The highest BCUT2D eigenvalue weighted by Gasteiger charge is 2.57. The molecular weight excluding hydrogens is 614 g/mol. The van der Waals surface area contributed by atoms with Crippen LogP contribution in [0.2, 0.25) is 0 Å². The Morgan fingerprint density at radius 2 is 1.85 bits per heavy atom. The number of aromatic amines is 2. The van der Waals surface area contributed by atoms with E-state index in [2.05, 4.69) is 39.2 Å². The van der Waals surface area contributed by atoms with Crippen LogP contribution in [0.4, 0.5) is 5.95 Å². The Morgan fingerprint density at radius 3 is 2.49 bits per heavy atom. The van der Waals surface area contributed by atoms with E-state index in [1.54, 1.807) is 0 Å². The molecule has 2 fully saturated rings. The van der Waals surface area contributed by atoms with Crippen LogP contribution in [0.15, 0.2) is 55.7 Å². The van der Waals surface area contributed by atoms with Crippen LogP contribution in [0.1, 0.15) is 64.3 Å². The van der Waals surface area contributed by atoms with E-state index in [1.165, 1.54) is 23.6 Å². The summed E-state index contributed by atoms with van der Waals surface area (Å²) in [7, 11) is 0. The van der Waals surface area contributed by atoms with Gasteiger partial charge in [-0.15, -0.1) is 0 Å². The number of nitrogens with one attached hydrogen (secondary N) is 2. The van der Waals surface area contributed by atoms with E-state index in [4.69, 9.17) is 15.6 Å². The first kappa shape index (κ1) is 34.3. The molecule has 16 heteroatoms. The number of fused-ring (bicyclic) bond motifs is 4. The number of aliphatic hydroxyl groups is 4. The van der Waals surface area contributed by atoms with Gasteiger partial charge in [-0.2, -0.15) is 10.1 Å². The normalized spacial score (nSPS) is 33.9. The smallest absolute Gasteiger partial charge is 0.354 e. The molecule has 47 heavy (non-hydrogen) atoms. The van der Waals surface area contributed by atoms with Crippen LogP contribution in [-0.4, -0.2) is 86.4 Å². The SMILES string of the molecule is C[C@]1(O)CC[C@H]2[C@@H]3CCC4=CC(=O)CCC4=C3C=C[C@@]21C.Cc1n[nH]c(=O)[nH]c1=O.Nc1ncn([C@@H]2O[C@H](CO)[C@@H](O)[C@H]2O)c(=O)n1. The molecule has 8 atom stereocenters. The van der Waals surface area contributed by atoms with Gasteiger partial charge in [-0.1, -0.05) is 19.1 Å². The summed E-state index contributed by atoms with van der Waals surface area (Å²) in [5, 5.41) is 44.3. The van der Waals surface area contributed by atoms with Crippen molar-refractivity contribution in [1.29, 1.82) is 0 Å². The lowest BCUT2D eigenvalue weighted by Crippen LogP contribution is -2.45. The molecule has 0 bridgehead atoms. The number of anilines is 1. The third-order valence-corrected chi connectivity index (χ3v) is 10.2. The monoisotopic (exact) mass is 655 g/mol. The zero-order valence-electron chi connectivity index (χ0n) is 26.4. The van der Waals surface area contributed by atoms with Crippen LogP contribution in [0, 0.1) is 24.2 Å². The van der Waals surface area contributed by atoms with E-state index in [0.29, 0.717) is 24.0 Å². The predicted molar refractivity (Wildman–Crippen MR) is 167 cm³/mol. The molecular formula is C31H41N7O9. The van der Waals surface area contributed by atoms with Gasteiger partial charge in [-0.05, 0) is 80.6 Å². The molecule has 2 aromatic heterocycles. The third-order valence-electron chi connectivity index (χ3n) is 10.2. The maximum atomic E-state index is 11.6. The molecule has 1 saturated heterocycles. The minimum atomic E-state index is -1.35. The lowest BCUT2D eigenvalue weighted by Gasteiger charge is -2.47. The maximum absolute atomic E-state index is 11.6. The molecule has 16 nitrogen and oxygen atoms in total. The fraction of sp³-hybridized carbons (Fsp3) is 0.581. The molecule has 2 aromatic rings. The highest BCUT2D eigenvalue weighted by atomic mass is 16.6. The quantitative estimate of drug-likeness (QED) is 0.212. The number of H-pyrrole nitrogens is 2. The molecule has 5 aliphatic rings. The number of aliphatic hydroxyl groups excluding tert-OH is 3. The van der Waals surface area contributed by atoms with Crippen LogP contribution in [-0.2, 0) is 9.53 Å². The number of hydrogen-bond donors (Lipinski definition) is 7. The van der Waals surface area contributed by atoms with E-state index < -0.39 is 53.7 Å². The van der Waals surface area contributed by atoms with Gasteiger partial charge < -0.3 is 30.9 Å². The zero-order chi connectivity index (χ0) is 34.3. The summed E-state index contributed by atoms with van der Waals surface area (Å²) in [6.45, 7) is 5.27. The van der Waals surface area contributed by atoms with Crippen molar-refractivity contribution in [3.8, 4) is 0 Å². The van der Waals surface area contributed by atoms with Gasteiger partial charge >= 0.3 is 11.4 Å². The number of rotatable bonds is 2. The minimum absolute atomic E-state index is 0.0899. The molecule has 8 N–H and O–H groups in total. The second-order valence-electron chi connectivity index (χ2n) is 13.0. The Labute approximate surface area is 268 Å². The van der Waals surface area contributed by atoms with Crippen molar-refractivity contribution < 1.29 is 30.0 Å². The van der Waals surface area contributed by atoms with Crippen LogP contribution >= 0.6 is 0 Å². The molecule has 7 rings (SSSR count). The number of ketones is 1. The third kappa shape index (κ3) is 6.56. The largest absolute Gasteiger partial charge is 0.394 e. The fourth-order valence-corrected chi connectivity index (χ4v) is 7.28. The summed E-state index contributed by atoms with van der Waals surface area (Å²) in [6.07, 6.45) is 8.54. The Balaban J connectivity index is 0.000000150. The van der Waals surface area contributed by atoms with Gasteiger partial charge in [0, 0.05) is 11.8 Å². The van der Waals surface area contributed by atoms with Crippen LogP contribution in [0.25, 0.3) is 0 Å². The molecule has 3 heterocycles. The molecule has 1 aliphatic heterocycles. The minimum Gasteiger partial charge on any atom is -0.394 e. The first-order valence-corrected chi connectivity index (χ1v) is 15.5. The molecule has 4 aliphatic carbocycles. The molecule has 1 saturated carbocycles. The van der Waals surface area contributed by atoms with E-state index in [9.17, 15) is 34.5 Å². The Hall–Kier alpha value is -4.09. The highest BCUT2D eigenvalue weighted by Crippen LogP contribution is 2.60. The Kier molecular flexibility index (Phi) is 9.62. The number of aryl methyl sites for hydroxylation is 1. The number of hydrogen-bond acceptors (Lipinski definition) is 13. The topological polar surface area (TPSA) is 260 Å². The van der Waals surface area contributed by atoms with Crippen molar-refractivity contribution in [3.05, 3.63) is 78.3 Å². The van der Waals surface area contributed by atoms with Crippen LogP contribution in [0.3, 0.4) is 0 Å². The van der Waals surface area contributed by atoms with Gasteiger partial charge in [0.1, 0.15) is 30.3 Å². The second-order valence-corrected chi connectivity index (χ2v) is 13.0. The van der Waals surface area contributed by atoms with E-state index in [-0.39, 0.29) is 17.1 Å². The van der Waals surface area contributed by atoms with Gasteiger partial charge in [0.15, 0.2) is 12.0 Å². The number of nitrogens with two attached hydrogens (primary N) is 1. The van der Waals surface area contributed by atoms with Gasteiger partial charge in [-0.25, -0.2) is 19.7 Å². The number of carbonyl (C=O) groups is 1. The van der Waals surface area contributed by atoms with Crippen molar-refractivity contribution in [1.82, 2.24) is 29.7 Å². The lowest BCUT2D eigenvalue weighted by molar-refractivity contribution is -0.114. The predicted octanol–water partition coefficient (Wildman–Crippen LogP) is -0.682. The van der Waals surface area contributed by atoms with Crippen molar-refractivity contribution >= 4 is 11.7 Å². The molecule has 0 unspecified atom stereocenters. The summed E-state index contributed by atoms with van der Waals surface area (Å²) in [5.41, 5.74) is 7.22. The first-order chi connectivity index (χ1) is 22.2. The van der Waals surface area contributed by atoms with Crippen LogP contribution < -0.4 is 22.7 Å². The maximum Gasteiger partial charge on any atom is 0.354 e. The van der Waals surface area contributed by atoms with E-state index in [0.717, 1.165) is 43.0 Å². The Morgan fingerprint density at radius 1 is 1.11 bits per heavy atom. The molecule has 0 amide bonds. The fourth-order valence-electron chi connectivity index (χ4n) is 7.28. The second kappa shape index (κ2) is 13.2. The highest BCUT2D eigenvalue weighted by molar-refractivity contribution is 5.93. The average molecular weight is 656 g/mol. The summed E-state index contributed by atoms with van der Waals surface area (Å²) in [6, 6.07) is 0. The molecule has 0 aromatic carbocycles. The number of allylic oxidation sites excluding steroid dienone is 5. The molecule has 254 valence electrons. The van der Waals surface area contributed by atoms with Crippen molar-refractivity contribution in [3.63, 3.8) is 0 Å². The standard InChI is InChI=1S/C19H24O2.C8H12N4O5.C4H5N3O2/c1-18-9-7-15-14-6-4-13(20)11-12(14)3-5-16(15)17(18)8-10-19(18,2)21;9-7-10-2-12(8(16)11-7)6-5(15)4(14)3(1-13)17-6;1-2-3(8)5-4(9)7-6-2/h7,9,11,16-17,21H,3-6,8,10H2,1-2H3;2-6,13-15H,1H2,(H2,9,11,16);1H3,(H2,5,7,8,9)/t16-,17+,18+,19+;3-,4-,5-,6-;/m11./s1. The van der Waals surface area contributed by atoms with E-state index in [1.807, 2.05) is 18.0 Å². The zero-order valence-corrected chi connectivity index (χ0v) is 26.4. The van der Waals surface area contributed by atoms with Crippen molar-refractivity contribution in [2.75, 3.05) is 12.3 Å². The summed E-state index contributed by atoms with van der Waals surface area (Å²) < 4.78 is 6.04. The summed E-state index contributed by atoms with van der Waals surface area (Å²) >= 11 is 0. The first-order valence-electron chi connectivity index (χ1n) is 15.5. The number of nitrogen functional groups attached to an aromatic ring is 1. The molecule has 0 radical (unpaired) electrons. The number of ether oxygens (including phenoxy) is 1. The number of nitrogens with zero attached hydrogens (tertiary/aromatic N) is 4. The number of aromatic nitrogens is 6.